The van der Waals surface area contributed by atoms with Crippen LogP contribution in [0.2, 0.25) is 0 Å². The SMILES string of the molecule is COc1cncc(-c2ccc3c(C(=O)Nc4cnn(Cc5cccc(N)c5)c4)n[nH]c3c2)c1. The number of hydrogen-bond acceptors (Lipinski definition) is 6. The van der Waals surface area contributed by atoms with Crippen molar-refractivity contribution in [3.8, 4) is 16.9 Å². The summed E-state index contributed by atoms with van der Waals surface area (Å²) in [6, 6.07) is 15.2. The zero-order valence-electron chi connectivity index (χ0n) is 17.8. The third kappa shape index (κ3) is 4.24. The van der Waals surface area contributed by atoms with Crippen LogP contribution in [0.1, 0.15) is 16.1 Å². The molecule has 1 amide bonds. The van der Waals surface area contributed by atoms with E-state index in [1.165, 1.54) is 0 Å². The van der Waals surface area contributed by atoms with Crippen LogP contribution in [0.15, 0.2) is 73.3 Å². The Kier molecular flexibility index (Phi) is 5.19. The van der Waals surface area contributed by atoms with Crippen molar-refractivity contribution in [3.05, 3.63) is 84.6 Å². The third-order valence-corrected chi connectivity index (χ3v) is 5.25. The number of hydrogen-bond donors (Lipinski definition) is 3. The predicted molar refractivity (Wildman–Crippen MR) is 126 cm³/mol. The molecule has 0 spiro atoms. The maximum Gasteiger partial charge on any atom is 0.276 e. The molecule has 0 fully saturated rings. The molecule has 5 aromatic rings. The highest BCUT2D eigenvalue weighted by atomic mass is 16.5. The number of rotatable bonds is 6. The summed E-state index contributed by atoms with van der Waals surface area (Å²) in [6.07, 6.45) is 6.78. The fraction of sp³-hybridized carbons (Fsp3) is 0.0833. The third-order valence-electron chi connectivity index (χ3n) is 5.25. The molecule has 3 aromatic heterocycles. The molecule has 9 nitrogen and oxygen atoms in total. The van der Waals surface area contributed by atoms with Crippen LogP contribution < -0.4 is 15.8 Å². The number of nitrogens with two attached hydrogens (primary N) is 1. The summed E-state index contributed by atoms with van der Waals surface area (Å²) >= 11 is 0. The number of carbonyl (C=O) groups is 1. The number of ether oxygens (including phenoxy) is 1. The summed E-state index contributed by atoms with van der Waals surface area (Å²) in [5.41, 5.74) is 11.0. The Hall–Kier alpha value is -4.66. The Morgan fingerprint density at radius 1 is 1.12 bits per heavy atom. The molecule has 0 atom stereocenters. The van der Waals surface area contributed by atoms with E-state index in [0.29, 0.717) is 29.4 Å². The van der Waals surface area contributed by atoms with Gasteiger partial charge in [-0.15, -0.1) is 0 Å². The van der Waals surface area contributed by atoms with Gasteiger partial charge in [0.25, 0.3) is 5.91 Å². The molecule has 5 rings (SSSR count). The molecule has 0 aliphatic heterocycles. The fourth-order valence-electron chi connectivity index (χ4n) is 3.64. The van der Waals surface area contributed by atoms with Crippen LogP contribution in [0, 0.1) is 0 Å². The molecule has 164 valence electrons. The van der Waals surface area contributed by atoms with Gasteiger partial charge in [0.2, 0.25) is 0 Å². The normalized spacial score (nSPS) is 10.9. The number of nitrogens with zero attached hydrogens (tertiary/aromatic N) is 4. The van der Waals surface area contributed by atoms with Gasteiger partial charge in [0.15, 0.2) is 5.69 Å². The molecule has 0 unspecified atom stereocenters. The summed E-state index contributed by atoms with van der Waals surface area (Å²) in [5.74, 6) is 0.356. The van der Waals surface area contributed by atoms with Gasteiger partial charge in [-0.3, -0.25) is 19.6 Å². The van der Waals surface area contributed by atoms with E-state index in [1.54, 1.807) is 36.6 Å². The number of H-pyrrole nitrogens is 1. The van der Waals surface area contributed by atoms with E-state index in [0.717, 1.165) is 27.6 Å². The van der Waals surface area contributed by atoms with Gasteiger partial charge in [0.1, 0.15) is 5.75 Å². The van der Waals surface area contributed by atoms with Gasteiger partial charge in [0, 0.05) is 29.0 Å². The largest absolute Gasteiger partial charge is 0.495 e. The first kappa shape index (κ1) is 20.3. The van der Waals surface area contributed by atoms with E-state index >= 15 is 0 Å². The maximum atomic E-state index is 12.9. The lowest BCUT2D eigenvalue weighted by Crippen LogP contribution is -2.12. The van der Waals surface area contributed by atoms with Crippen molar-refractivity contribution in [2.75, 3.05) is 18.2 Å². The van der Waals surface area contributed by atoms with Crippen molar-refractivity contribution in [2.45, 2.75) is 6.54 Å². The second-order valence-electron chi connectivity index (χ2n) is 7.57. The quantitative estimate of drug-likeness (QED) is 0.347. The van der Waals surface area contributed by atoms with E-state index < -0.39 is 0 Å². The minimum Gasteiger partial charge on any atom is -0.495 e. The first-order valence-corrected chi connectivity index (χ1v) is 10.2. The lowest BCUT2D eigenvalue weighted by molar-refractivity contribution is 0.102. The molecule has 0 radical (unpaired) electrons. The Morgan fingerprint density at radius 2 is 2.03 bits per heavy atom. The molecular formula is C24H21N7O2. The first-order chi connectivity index (χ1) is 16.1. The smallest absolute Gasteiger partial charge is 0.276 e. The van der Waals surface area contributed by atoms with Crippen LogP contribution in [-0.4, -0.2) is 38.0 Å². The molecule has 3 heterocycles. The predicted octanol–water partition coefficient (Wildman–Crippen LogP) is 3.71. The number of benzene rings is 2. The van der Waals surface area contributed by atoms with Crippen LogP contribution in [0.3, 0.4) is 0 Å². The summed E-state index contributed by atoms with van der Waals surface area (Å²) in [4.78, 5) is 17.1. The topological polar surface area (TPSA) is 124 Å². The van der Waals surface area contributed by atoms with Crippen molar-refractivity contribution in [3.63, 3.8) is 0 Å². The Bertz CT molecular complexity index is 1450. The van der Waals surface area contributed by atoms with Crippen molar-refractivity contribution in [2.24, 2.45) is 0 Å². The molecule has 0 bridgehead atoms. The molecule has 9 heteroatoms. The monoisotopic (exact) mass is 439 g/mol. The summed E-state index contributed by atoms with van der Waals surface area (Å²) in [5, 5.41) is 15.1. The average molecular weight is 439 g/mol. The Balaban J connectivity index is 1.33. The van der Waals surface area contributed by atoms with Crippen LogP contribution in [-0.2, 0) is 6.54 Å². The standard InChI is InChI=1S/C24H21N7O2/c1-33-20-8-17(10-26-12-20)16-5-6-21-22(9-16)29-30-23(21)24(32)28-19-11-27-31(14-19)13-15-3-2-4-18(25)7-15/h2-12,14H,13,25H2,1H3,(H,28,32)(H,29,30). The molecule has 4 N–H and O–H groups in total. The minimum absolute atomic E-state index is 0.309. The number of aromatic amines is 1. The summed E-state index contributed by atoms with van der Waals surface area (Å²) < 4.78 is 6.99. The zero-order valence-corrected chi connectivity index (χ0v) is 17.8. The van der Waals surface area contributed by atoms with Gasteiger partial charge in [-0.2, -0.15) is 10.2 Å². The highest BCUT2D eigenvalue weighted by Crippen LogP contribution is 2.27. The zero-order chi connectivity index (χ0) is 22.8. The van der Waals surface area contributed by atoms with E-state index in [1.807, 2.05) is 48.5 Å². The number of anilines is 2. The number of nitrogen functional groups attached to an aromatic ring is 1. The van der Waals surface area contributed by atoms with Gasteiger partial charge in [-0.1, -0.05) is 18.2 Å². The van der Waals surface area contributed by atoms with E-state index in [9.17, 15) is 4.79 Å². The average Bonchev–Trinajstić information content (AvgIpc) is 3.45. The number of methoxy groups -OCH3 is 1. The van der Waals surface area contributed by atoms with Gasteiger partial charge in [-0.05, 0) is 41.5 Å². The molecule has 0 saturated heterocycles. The number of pyridine rings is 1. The highest BCUT2D eigenvalue weighted by Gasteiger charge is 2.16. The summed E-state index contributed by atoms with van der Waals surface area (Å²) in [6.45, 7) is 0.550. The minimum atomic E-state index is -0.319. The first-order valence-electron chi connectivity index (χ1n) is 10.2. The lowest BCUT2D eigenvalue weighted by Gasteiger charge is -2.05. The molecule has 0 saturated carbocycles. The second kappa shape index (κ2) is 8.46. The second-order valence-corrected chi connectivity index (χ2v) is 7.57. The fourth-order valence-corrected chi connectivity index (χ4v) is 3.64. The van der Waals surface area contributed by atoms with E-state index in [4.69, 9.17) is 10.5 Å². The number of fused-ring (bicyclic) bond motifs is 1. The molecule has 0 aliphatic rings. The maximum absolute atomic E-state index is 12.9. The molecule has 0 aliphatic carbocycles. The van der Waals surface area contributed by atoms with Gasteiger partial charge >= 0.3 is 0 Å². The number of aromatic nitrogens is 5. The molecule has 2 aromatic carbocycles. The Morgan fingerprint density at radius 3 is 2.88 bits per heavy atom. The van der Waals surface area contributed by atoms with Gasteiger partial charge in [-0.25, -0.2) is 0 Å². The van der Waals surface area contributed by atoms with Crippen LogP contribution in [0.4, 0.5) is 11.4 Å². The lowest BCUT2D eigenvalue weighted by atomic mass is 10.0. The number of amides is 1. The number of carbonyl (C=O) groups excluding carboxylic acids is 1. The molecular weight excluding hydrogens is 418 g/mol. The molecule has 33 heavy (non-hydrogen) atoms. The van der Waals surface area contributed by atoms with Crippen LogP contribution in [0.5, 0.6) is 5.75 Å². The van der Waals surface area contributed by atoms with Crippen molar-refractivity contribution < 1.29 is 9.53 Å². The van der Waals surface area contributed by atoms with Gasteiger partial charge < -0.3 is 15.8 Å². The van der Waals surface area contributed by atoms with Crippen LogP contribution >= 0.6 is 0 Å². The van der Waals surface area contributed by atoms with E-state index in [-0.39, 0.29) is 5.91 Å². The van der Waals surface area contributed by atoms with Gasteiger partial charge in [0.05, 0.1) is 37.3 Å². The Labute approximate surface area is 189 Å². The van der Waals surface area contributed by atoms with E-state index in [2.05, 4.69) is 25.6 Å². The van der Waals surface area contributed by atoms with Crippen molar-refractivity contribution >= 4 is 28.2 Å². The highest BCUT2D eigenvalue weighted by molar-refractivity contribution is 6.11. The summed E-state index contributed by atoms with van der Waals surface area (Å²) in [7, 11) is 1.60. The van der Waals surface area contributed by atoms with Crippen LogP contribution in [0.25, 0.3) is 22.0 Å². The number of nitrogens with one attached hydrogen (secondary N) is 2. The van der Waals surface area contributed by atoms with Crippen molar-refractivity contribution in [1.82, 2.24) is 25.0 Å². The van der Waals surface area contributed by atoms with Crippen molar-refractivity contribution in [1.29, 1.82) is 0 Å².